The molecule has 0 fully saturated rings. The fourth-order valence-electron chi connectivity index (χ4n) is 2.57. The van der Waals surface area contributed by atoms with E-state index in [-0.39, 0.29) is 0 Å². The van der Waals surface area contributed by atoms with Gasteiger partial charge in [-0.15, -0.1) is 0 Å². The Morgan fingerprint density at radius 1 is 1.47 bits per heavy atom. The van der Waals surface area contributed by atoms with Crippen molar-refractivity contribution >= 4 is 21.7 Å². The monoisotopic (exact) mass is 299 g/mol. The number of hydrogen-bond acceptors (Lipinski definition) is 2. The van der Waals surface area contributed by atoms with Crippen LogP contribution in [-0.4, -0.2) is 16.3 Å². The average molecular weight is 300 g/mol. The Balaban J connectivity index is 2.30. The van der Waals surface area contributed by atoms with Gasteiger partial charge in [0.05, 0.1) is 16.2 Å². The summed E-state index contributed by atoms with van der Waals surface area (Å²) >= 11 is 3.70. The topological polar surface area (TPSA) is 29.9 Å². The second kappa shape index (κ2) is 5.42. The Hall–Kier alpha value is -0.510. The zero-order valence-electron chi connectivity index (χ0n) is 11.0. The highest BCUT2D eigenvalue weighted by Gasteiger charge is 2.28. The lowest BCUT2D eigenvalue weighted by molar-refractivity contribution is 0.311. The number of unbranched alkanes of at least 4 members (excludes halogenated alkanes) is 1. The molecule has 2 atom stereocenters. The van der Waals surface area contributed by atoms with Crippen molar-refractivity contribution in [3.8, 4) is 0 Å². The zero-order chi connectivity index (χ0) is 12.4. The predicted molar refractivity (Wildman–Crippen MR) is 75.5 cm³/mol. The van der Waals surface area contributed by atoms with Gasteiger partial charge >= 0.3 is 0 Å². The highest BCUT2D eigenvalue weighted by molar-refractivity contribution is 9.10. The molecule has 0 spiro atoms. The van der Waals surface area contributed by atoms with Gasteiger partial charge in [-0.1, -0.05) is 27.2 Å². The van der Waals surface area contributed by atoms with E-state index < -0.39 is 0 Å². The van der Waals surface area contributed by atoms with Gasteiger partial charge in [-0.25, -0.2) is 4.68 Å². The van der Waals surface area contributed by atoms with Gasteiger partial charge in [0.1, 0.15) is 5.82 Å². The first kappa shape index (κ1) is 12.9. The summed E-state index contributed by atoms with van der Waals surface area (Å²) in [6, 6.07) is 0.540. The molecule has 96 valence electrons. The van der Waals surface area contributed by atoms with Crippen molar-refractivity contribution in [2.24, 2.45) is 5.92 Å². The van der Waals surface area contributed by atoms with Gasteiger partial charge in [-0.05, 0) is 41.1 Å². The molecule has 1 aromatic rings. The number of nitrogens with one attached hydrogen (secondary N) is 1. The number of fused-ring (bicyclic) bond motifs is 1. The SMILES string of the molecule is CCCCc1nn2c(c1Br)NCC(C)C2CC. The molecule has 0 bridgehead atoms. The van der Waals surface area contributed by atoms with E-state index in [1.165, 1.54) is 28.8 Å². The first-order chi connectivity index (χ1) is 8.19. The van der Waals surface area contributed by atoms with E-state index >= 15 is 0 Å². The number of aryl methyl sites for hydroxylation is 1. The Morgan fingerprint density at radius 2 is 2.24 bits per heavy atom. The van der Waals surface area contributed by atoms with Crippen molar-refractivity contribution in [1.82, 2.24) is 9.78 Å². The minimum atomic E-state index is 0.540. The Labute approximate surface area is 112 Å². The minimum absolute atomic E-state index is 0.540. The highest BCUT2D eigenvalue weighted by atomic mass is 79.9. The van der Waals surface area contributed by atoms with Crippen molar-refractivity contribution in [2.45, 2.75) is 52.5 Å². The van der Waals surface area contributed by atoms with Crippen LogP contribution in [-0.2, 0) is 6.42 Å². The van der Waals surface area contributed by atoms with E-state index in [0.29, 0.717) is 12.0 Å². The van der Waals surface area contributed by atoms with Crippen LogP contribution in [0, 0.1) is 5.92 Å². The Bertz CT molecular complexity index is 386. The van der Waals surface area contributed by atoms with Crippen LogP contribution in [0.4, 0.5) is 5.82 Å². The van der Waals surface area contributed by atoms with E-state index in [1.54, 1.807) is 0 Å². The lowest BCUT2D eigenvalue weighted by Gasteiger charge is -2.30. The third-order valence-electron chi connectivity index (χ3n) is 3.67. The van der Waals surface area contributed by atoms with Crippen LogP contribution >= 0.6 is 15.9 Å². The molecule has 1 aliphatic heterocycles. The second-order valence-corrected chi connectivity index (χ2v) is 5.78. The summed E-state index contributed by atoms with van der Waals surface area (Å²) in [5, 5.41) is 8.29. The van der Waals surface area contributed by atoms with Gasteiger partial charge in [-0.2, -0.15) is 5.10 Å². The van der Waals surface area contributed by atoms with E-state index in [2.05, 4.69) is 46.7 Å². The van der Waals surface area contributed by atoms with Crippen LogP contribution < -0.4 is 5.32 Å². The summed E-state index contributed by atoms with van der Waals surface area (Å²) < 4.78 is 3.37. The highest BCUT2D eigenvalue weighted by Crippen LogP contribution is 2.36. The zero-order valence-corrected chi connectivity index (χ0v) is 12.5. The molecule has 0 radical (unpaired) electrons. The Morgan fingerprint density at radius 3 is 2.88 bits per heavy atom. The molecule has 1 aromatic heterocycles. The fraction of sp³-hybridized carbons (Fsp3) is 0.769. The lowest BCUT2D eigenvalue weighted by Crippen LogP contribution is -2.31. The molecule has 0 saturated heterocycles. The first-order valence-corrected chi connectivity index (χ1v) is 7.49. The summed E-state index contributed by atoms with van der Waals surface area (Å²) in [5.41, 5.74) is 1.21. The van der Waals surface area contributed by atoms with Crippen LogP contribution in [0.5, 0.6) is 0 Å². The summed E-state index contributed by atoms with van der Waals surface area (Å²) in [7, 11) is 0. The smallest absolute Gasteiger partial charge is 0.139 e. The van der Waals surface area contributed by atoms with E-state index in [4.69, 9.17) is 5.10 Å². The van der Waals surface area contributed by atoms with Crippen LogP contribution in [0.15, 0.2) is 4.47 Å². The molecule has 2 heterocycles. The number of anilines is 1. The maximum Gasteiger partial charge on any atom is 0.139 e. The van der Waals surface area contributed by atoms with Crippen molar-refractivity contribution in [1.29, 1.82) is 0 Å². The third kappa shape index (κ3) is 2.37. The van der Waals surface area contributed by atoms with Crippen molar-refractivity contribution < 1.29 is 0 Å². The number of aromatic nitrogens is 2. The summed E-state index contributed by atoms with van der Waals surface area (Å²) in [5.74, 6) is 1.83. The number of nitrogens with zero attached hydrogens (tertiary/aromatic N) is 2. The third-order valence-corrected chi connectivity index (χ3v) is 4.50. The molecular weight excluding hydrogens is 278 g/mol. The molecule has 2 rings (SSSR count). The molecule has 4 heteroatoms. The number of hydrogen-bond donors (Lipinski definition) is 1. The fourth-order valence-corrected chi connectivity index (χ4v) is 3.17. The van der Waals surface area contributed by atoms with E-state index in [1.807, 2.05) is 0 Å². The number of halogens is 1. The van der Waals surface area contributed by atoms with Crippen molar-refractivity contribution in [2.75, 3.05) is 11.9 Å². The second-order valence-electron chi connectivity index (χ2n) is 4.99. The van der Waals surface area contributed by atoms with Gasteiger partial charge in [0.2, 0.25) is 0 Å². The molecule has 0 aromatic carbocycles. The summed E-state index contributed by atoms with van der Waals surface area (Å²) in [4.78, 5) is 0. The van der Waals surface area contributed by atoms with Gasteiger partial charge in [0.15, 0.2) is 0 Å². The molecule has 1 N–H and O–H groups in total. The standard InChI is InChI=1S/C13H22BrN3/c1-4-6-7-10-12(14)13-15-8-9(3)11(5-2)17(13)16-10/h9,11,15H,4-8H2,1-3H3. The maximum absolute atomic E-state index is 4.80. The van der Waals surface area contributed by atoms with Gasteiger partial charge < -0.3 is 5.32 Å². The normalized spacial score (nSPS) is 23.3. The van der Waals surface area contributed by atoms with E-state index in [9.17, 15) is 0 Å². The molecule has 0 aliphatic carbocycles. The molecule has 2 unspecified atom stereocenters. The largest absolute Gasteiger partial charge is 0.369 e. The molecule has 0 saturated carbocycles. The lowest BCUT2D eigenvalue weighted by atomic mass is 9.98. The molecular formula is C13H22BrN3. The quantitative estimate of drug-likeness (QED) is 0.911. The van der Waals surface area contributed by atoms with E-state index in [0.717, 1.165) is 19.4 Å². The van der Waals surface area contributed by atoms with Gasteiger partial charge in [0, 0.05) is 6.54 Å². The van der Waals surface area contributed by atoms with Crippen LogP contribution in [0.2, 0.25) is 0 Å². The van der Waals surface area contributed by atoms with Gasteiger partial charge in [-0.3, -0.25) is 0 Å². The molecule has 1 aliphatic rings. The van der Waals surface area contributed by atoms with Gasteiger partial charge in [0.25, 0.3) is 0 Å². The molecule has 3 nitrogen and oxygen atoms in total. The van der Waals surface area contributed by atoms with Crippen LogP contribution in [0.25, 0.3) is 0 Å². The minimum Gasteiger partial charge on any atom is -0.369 e. The summed E-state index contributed by atoms with van der Waals surface area (Å²) in [6.45, 7) is 7.82. The predicted octanol–water partition coefficient (Wildman–Crippen LogP) is 4.00. The van der Waals surface area contributed by atoms with Crippen molar-refractivity contribution in [3.05, 3.63) is 10.2 Å². The molecule has 0 amide bonds. The average Bonchev–Trinajstić information content (AvgIpc) is 2.64. The first-order valence-electron chi connectivity index (χ1n) is 6.69. The molecule has 17 heavy (non-hydrogen) atoms. The van der Waals surface area contributed by atoms with Crippen LogP contribution in [0.3, 0.4) is 0 Å². The number of rotatable bonds is 4. The van der Waals surface area contributed by atoms with Crippen molar-refractivity contribution in [3.63, 3.8) is 0 Å². The Kier molecular flexibility index (Phi) is 4.13. The summed E-state index contributed by atoms with van der Waals surface area (Å²) in [6.07, 6.45) is 4.65. The maximum atomic E-state index is 4.80. The van der Waals surface area contributed by atoms with Crippen LogP contribution in [0.1, 0.15) is 51.8 Å².